The molecule has 5 nitrogen and oxygen atoms in total. The number of aromatic nitrogens is 2. The summed E-state index contributed by atoms with van der Waals surface area (Å²) in [4.78, 5) is 27.6. The zero-order valence-electron chi connectivity index (χ0n) is 14.4. The molecule has 0 saturated heterocycles. The highest BCUT2D eigenvalue weighted by Gasteiger charge is 2.06. The van der Waals surface area contributed by atoms with Crippen molar-refractivity contribution in [3.8, 4) is 0 Å². The molecule has 1 N–H and O–H groups in total. The molecule has 1 aromatic heterocycles. The first-order chi connectivity index (χ1) is 11.6. The maximum atomic E-state index is 11.9. The first-order valence-electron chi connectivity index (χ1n) is 8.42. The maximum absolute atomic E-state index is 11.9. The summed E-state index contributed by atoms with van der Waals surface area (Å²) in [7, 11) is 0. The normalized spacial score (nSPS) is 10.6. The van der Waals surface area contributed by atoms with Gasteiger partial charge in [0.2, 0.25) is 5.91 Å². The second-order valence-corrected chi connectivity index (χ2v) is 6.02. The van der Waals surface area contributed by atoms with Crippen molar-refractivity contribution in [3.63, 3.8) is 0 Å². The van der Waals surface area contributed by atoms with E-state index in [9.17, 15) is 9.59 Å². The summed E-state index contributed by atoms with van der Waals surface area (Å²) in [5.41, 5.74) is 2.58. The zero-order chi connectivity index (χ0) is 17.4. The number of amides is 1. The van der Waals surface area contributed by atoms with Crippen molar-refractivity contribution in [2.45, 2.75) is 46.1 Å². The number of carbonyl (C=O) groups excluding carboxylic acids is 1. The summed E-state index contributed by atoms with van der Waals surface area (Å²) in [5.74, 6) is -0.0263. The number of benzene rings is 1. The highest BCUT2D eigenvalue weighted by Crippen LogP contribution is 2.04. The minimum atomic E-state index is -0.289. The Morgan fingerprint density at radius 3 is 2.62 bits per heavy atom. The Morgan fingerprint density at radius 2 is 1.92 bits per heavy atom. The Hall–Kier alpha value is -2.43. The lowest BCUT2D eigenvalue weighted by Crippen LogP contribution is -2.30. The van der Waals surface area contributed by atoms with Gasteiger partial charge >= 0.3 is 5.69 Å². The summed E-state index contributed by atoms with van der Waals surface area (Å²) < 4.78 is 1.54. The standard InChI is InChI=1S/C19H25N3O2/c1-15-14-16(2)22(19(24)21-15)13-11-18(23)20-12-7-6-10-17-8-4-3-5-9-17/h3-5,8-9,14H,6-7,10-13H2,1-2H3,(H,20,23). The fraction of sp³-hybridized carbons (Fsp3) is 0.421. The molecule has 0 aliphatic carbocycles. The molecule has 128 valence electrons. The minimum Gasteiger partial charge on any atom is -0.356 e. The molecule has 5 heteroatoms. The Balaban J connectivity index is 1.66. The number of rotatable bonds is 8. The zero-order valence-corrected chi connectivity index (χ0v) is 14.4. The molecule has 0 unspecified atom stereocenters. The van der Waals surface area contributed by atoms with Gasteiger partial charge in [0.15, 0.2) is 0 Å². The number of hydrogen-bond donors (Lipinski definition) is 1. The van der Waals surface area contributed by atoms with E-state index in [-0.39, 0.29) is 11.6 Å². The molecule has 1 aromatic carbocycles. The van der Waals surface area contributed by atoms with Crippen LogP contribution in [0.25, 0.3) is 0 Å². The number of hydrogen-bond acceptors (Lipinski definition) is 3. The lowest BCUT2D eigenvalue weighted by Gasteiger charge is -2.10. The predicted octanol–water partition coefficient (Wildman–Crippen LogP) is 2.39. The van der Waals surface area contributed by atoms with Crippen molar-refractivity contribution in [3.05, 3.63) is 63.8 Å². The molecule has 0 saturated carbocycles. The van der Waals surface area contributed by atoms with E-state index in [1.807, 2.05) is 31.2 Å². The van der Waals surface area contributed by atoms with Crippen LogP contribution in [0.5, 0.6) is 0 Å². The molecule has 2 rings (SSSR count). The monoisotopic (exact) mass is 327 g/mol. The number of aryl methyl sites for hydroxylation is 3. The van der Waals surface area contributed by atoms with E-state index in [0.717, 1.165) is 25.0 Å². The quantitative estimate of drug-likeness (QED) is 0.757. The summed E-state index contributed by atoms with van der Waals surface area (Å²) in [5, 5.41) is 2.91. The van der Waals surface area contributed by atoms with Crippen LogP contribution in [0.2, 0.25) is 0 Å². The average Bonchev–Trinajstić information content (AvgIpc) is 2.54. The first kappa shape index (κ1) is 17.9. The summed E-state index contributed by atoms with van der Waals surface area (Å²) >= 11 is 0. The minimum absolute atomic E-state index is 0.0263. The van der Waals surface area contributed by atoms with E-state index < -0.39 is 0 Å². The molecule has 1 amide bonds. The highest BCUT2D eigenvalue weighted by molar-refractivity contribution is 5.75. The van der Waals surface area contributed by atoms with Crippen LogP contribution in [0.1, 0.15) is 36.2 Å². The van der Waals surface area contributed by atoms with E-state index >= 15 is 0 Å². The third-order valence-corrected chi connectivity index (χ3v) is 3.97. The molecular weight excluding hydrogens is 302 g/mol. The molecule has 2 aromatic rings. The fourth-order valence-electron chi connectivity index (χ4n) is 2.67. The summed E-state index contributed by atoms with van der Waals surface area (Å²) in [6.45, 7) is 4.69. The highest BCUT2D eigenvalue weighted by atomic mass is 16.2. The van der Waals surface area contributed by atoms with Crippen LogP contribution in [-0.4, -0.2) is 22.0 Å². The SMILES string of the molecule is Cc1cc(C)n(CCC(=O)NCCCCc2ccccc2)c(=O)n1. The third kappa shape index (κ3) is 5.65. The Morgan fingerprint density at radius 1 is 1.17 bits per heavy atom. The fourth-order valence-corrected chi connectivity index (χ4v) is 2.67. The summed E-state index contributed by atoms with van der Waals surface area (Å²) in [6.07, 6.45) is 3.32. The number of nitrogens with one attached hydrogen (secondary N) is 1. The van der Waals surface area contributed by atoms with Gasteiger partial charge in [-0.25, -0.2) is 4.79 Å². The largest absolute Gasteiger partial charge is 0.356 e. The van der Waals surface area contributed by atoms with Crippen LogP contribution < -0.4 is 11.0 Å². The van der Waals surface area contributed by atoms with Crippen molar-refractivity contribution >= 4 is 5.91 Å². The van der Waals surface area contributed by atoms with Gasteiger partial charge in [0.05, 0.1) is 0 Å². The molecule has 0 aliphatic heterocycles. The van der Waals surface area contributed by atoms with E-state index in [2.05, 4.69) is 22.4 Å². The molecule has 0 spiro atoms. The molecule has 0 aliphatic rings. The van der Waals surface area contributed by atoms with Gasteiger partial charge in [-0.2, -0.15) is 4.98 Å². The molecule has 0 atom stereocenters. The lowest BCUT2D eigenvalue weighted by atomic mass is 10.1. The van der Waals surface area contributed by atoms with Gasteiger partial charge in [-0.1, -0.05) is 30.3 Å². The Kier molecular flexibility index (Phi) is 6.73. The van der Waals surface area contributed by atoms with Crippen LogP contribution in [0.4, 0.5) is 0 Å². The van der Waals surface area contributed by atoms with Crippen molar-refractivity contribution in [1.29, 1.82) is 0 Å². The van der Waals surface area contributed by atoms with Crippen LogP contribution >= 0.6 is 0 Å². The average molecular weight is 327 g/mol. The number of carbonyl (C=O) groups is 1. The Bertz CT molecular complexity index is 723. The van der Waals surface area contributed by atoms with Gasteiger partial charge < -0.3 is 5.32 Å². The first-order valence-corrected chi connectivity index (χ1v) is 8.42. The second kappa shape index (κ2) is 9.01. The van der Waals surface area contributed by atoms with Crippen LogP contribution in [-0.2, 0) is 17.8 Å². The van der Waals surface area contributed by atoms with Gasteiger partial charge in [-0.3, -0.25) is 9.36 Å². The maximum Gasteiger partial charge on any atom is 0.347 e. The van der Waals surface area contributed by atoms with Crippen molar-refractivity contribution in [1.82, 2.24) is 14.9 Å². The van der Waals surface area contributed by atoms with Gasteiger partial charge in [-0.15, -0.1) is 0 Å². The third-order valence-electron chi connectivity index (χ3n) is 3.97. The van der Waals surface area contributed by atoms with Crippen molar-refractivity contribution in [2.24, 2.45) is 0 Å². The topological polar surface area (TPSA) is 64.0 Å². The van der Waals surface area contributed by atoms with Gasteiger partial charge in [-0.05, 0) is 44.7 Å². The lowest BCUT2D eigenvalue weighted by molar-refractivity contribution is -0.121. The second-order valence-electron chi connectivity index (χ2n) is 6.02. The smallest absolute Gasteiger partial charge is 0.347 e. The molecular formula is C19H25N3O2. The van der Waals surface area contributed by atoms with Gasteiger partial charge in [0.1, 0.15) is 0 Å². The van der Waals surface area contributed by atoms with E-state index in [0.29, 0.717) is 25.2 Å². The van der Waals surface area contributed by atoms with Gasteiger partial charge in [0.25, 0.3) is 0 Å². The van der Waals surface area contributed by atoms with Crippen molar-refractivity contribution < 1.29 is 4.79 Å². The number of unbranched alkanes of at least 4 members (excludes halogenated alkanes) is 1. The van der Waals surface area contributed by atoms with Crippen LogP contribution in [0.15, 0.2) is 41.2 Å². The molecule has 24 heavy (non-hydrogen) atoms. The molecule has 0 bridgehead atoms. The molecule has 0 fully saturated rings. The van der Waals surface area contributed by atoms with E-state index in [1.54, 1.807) is 11.5 Å². The number of nitrogens with zero attached hydrogens (tertiary/aromatic N) is 2. The van der Waals surface area contributed by atoms with Crippen LogP contribution in [0.3, 0.4) is 0 Å². The van der Waals surface area contributed by atoms with Crippen molar-refractivity contribution in [2.75, 3.05) is 6.54 Å². The van der Waals surface area contributed by atoms with E-state index in [1.165, 1.54) is 5.56 Å². The predicted molar refractivity (Wildman–Crippen MR) is 95.0 cm³/mol. The van der Waals surface area contributed by atoms with E-state index in [4.69, 9.17) is 0 Å². The van der Waals surface area contributed by atoms with Gasteiger partial charge in [0, 0.05) is 30.9 Å². The molecule has 1 heterocycles. The molecule has 0 radical (unpaired) electrons. The summed E-state index contributed by atoms with van der Waals surface area (Å²) in [6, 6.07) is 12.2. The Labute approximate surface area is 142 Å². The van der Waals surface area contributed by atoms with Crippen LogP contribution in [0, 0.1) is 13.8 Å².